The van der Waals surface area contributed by atoms with Gasteiger partial charge in [0.15, 0.2) is 6.61 Å². The first-order valence-electron chi connectivity index (χ1n) is 11.2. The molecule has 1 heterocycles. The second-order valence-corrected chi connectivity index (χ2v) is 9.96. The summed E-state index contributed by atoms with van der Waals surface area (Å²) in [4.78, 5) is 24.4. The number of para-hydroxylation sites is 1. The third-order valence-corrected chi connectivity index (χ3v) is 6.53. The van der Waals surface area contributed by atoms with Crippen molar-refractivity contribution in [2.24, 2.45) is 5.10 Å². The Kier molecular flexibility index (Phi) is 9.21. The molecule has 0 radical (unpaired) electrons. The van der Waals surface area contributed by atoms with E-state index in [1.807, 2.05) is 0 Å². The SMILES string of the molecule is C[C@@H](C(=O)N/N=C\c1ccc(OCC(=O)NC[C@H]2CCCO2)cc1)N(c1ccccc1)S(C)(=O)=O. The zero-order valence-electron chi connectivity index (χ0n) is 19.7. The molecule has 2 aromatic rings. The predicted molar refractivity (Wildman–Crippen MR) is 133 cm³/mol. The zero-order valence-corrected chi connectivity index (χ0v) is 20.5. The van der Waals surface area contributed by atoms with E-state index in [0.717, 1.165) is 30.0 Å². The number of carbonyl (C=O) groups is 2. The van der Waals surface area contributed by atoms with Gasteiger partial charge in [-0.1, -0.05) is 18.2 Å². The monoisotopic (exact) mass is 502 g/mol. The Hall–Kier alpha value is -3.44. The standard InChI is InChI=1S/C24H30N4O6S/c1-18(28(35(2,31)32)20-7-4-3-5-8-20)24(30)27-26-15-19-10-12-21(13-11-19)34-17-23(29)25-16-22-9-6-14-33-22/h3-5,7-8,10-13,15,18,22H,6,9,14,16-17H2,1-2H3,(H,25,29)(H,27,30)/b26-15-/t18-,22+/m0/s1. The number of rotatable bonds is 11. The number of amides is 2. The van der Waals surface area contributed by atoms with Crippen molar-refractivity contribution in [1.29, 1.82) is 0 Å². The molecule has 0 aliphatic carbocycles. The van der Waals surface area contributed by atoms with E-state index in [2.05, 4.69) is 15.8 Å². The number of sulfonamides is 1. The van der Waals surface area contributed by atoms with Gasteiger partial charge in [0.25, 0.3) is 11.8 Å². The Morgan fingerprint density at radius 3 is 2.54 bits per heavy atom. The summed E-state index contributed by atoms with van der Waals surface area (Å²) in [6.45, 7) is 2.60. The number of carbonyl (C=O) groups excluding carboxylic acids is 2. The number of hydrazone groups is 1. The van der Waals surface area contributed by atoms with E-state index >= 15 is 0 Å². The molecule has 0 aromatic heterocycles. The van der Waals surface area contributed by atoms with E-state index in [1.54, 1.807) is 54.6 Å². The van der Waals surface area contributed by atoms with Gasteiger partial charge in [0.2, 0.25) is 10.0 Å². The number of anilines is 1. The Labute approximate surface area is 205 Å². The smallest absolute Gasteiger partial charge is 0.263 e. The van der Waals surface area contributed by atoms with Gasteiger partial charge in [-0.2, -0.15) is 5.10 Å². The van der Waals surface area contributed by atoms with E-state index in [0.29, 0.717) is 23.5 Å². The minimum Gasteiger partial charge on any atom is -0.484 e. The summed E-state index contributed by atoms with van der Waals surface area (Å²) in [7, 11) is -3.69. The van der Waals surface area contributed by atoms with Crippen LogP contribution in [-0.2, 0) is 24.3 Å². The number of hydrogen-bond donors (Lipinski definition) is 2. The molecule has 1 aliphatic rings. The van der Waals surface area contributed by atoms with Crippen molar-refractivity contribution >= 4 is 33.7 Å². The molecule has 2 N–H and O–H groups in total. The lowest BCUT2D eigenvalue weighted by molar-refractivity contribution is -0.123. The van der Waals surface area contributed by atoms with E-state index < -0.39 is 22.0 Å². The van der Waals surface area contributed by atoms with Gasteiger partial charge in [-0.05, 0) is 61.7 Å². The summed E-state index contributed by atoms with van der Waals surface area (Å²) in [6, 6.07) is 14.2. The van der Waals surface area contributed by atoms with E-state index in [9.17, 15) is 18.0 Å². The van der Waals surface area contributed by atoms with Crippen LogP contribution < -0.4 is 19.8 Å². The highest BCUT2D eigenvalue weighted by Gasteiger charge is 2.28. The van der Waals surface area contributed by atoms with Gasteiger partial charge in [-0.3, -0.25) is 13.9 Å². The highest BCUT2D eigenvalue weighted by Crippen LogP contribution is 2.20. The summed E-state index contributed by atoms with van der Waals surface area (Å²) in [6.07, 6.45) is 4.52. The van der Waals surface area contributed by atoms with Crippen LogP contribution in [0, 0.1) is 0 Å². The lowest BCUT2D eigenvalue weighted by Gasteiger charge is -2.27. The number of nitrogens with zero attached hydrogens (tertiary/aromatic N) is 2. The molecule has 35 heavy (non-hydrogen) atoms. The van der Waals surface area contributed by atoms with Crippen LogP contribution in [0.2, 0.25) is 0 Å². The highest BCUT2D eigenvalue weighted by atomic mass is 32.2. The van der Waals surface area contributed by atoms with Crippen molar-refractivity contribution in [3.8, 4) is 5.75 Å². The number of ether oxygens (including phenoxy) is 2. The summed E-state index contributed by atoms with van der Waals surface area (Å²) in [5, 5.41) is 6.71. The first-order valence-corrected chi connectivity index (χ1v) is 13.1. The molecule has 10 nitrogen and oxygen atoms in total. The molecular weight excluding hydrogens is 472 g/mol. The van der Waals surface area contributed by atoms with Gasteiger partial charge >= 0.3 is 0 Å². The molecule has 2 aromatic carbocycles. The van der Waals surface area contributed by atoms with Gasteiger partial charge in [-0.25, -0.2) is 13.8 Å². The minimum atomic E-state index is -3.69. The normalized spacial score (nSPS) is 16.6. The van der Waals surface area contributed by atoms with Crippen LogP contribution >= 0.6 is 0 Å². The van der Waals surface area contributed by atoms with Crippen LogP contribution in [0.4, 0.5) is 5.69 Å². The molecule has 2 amide bonds. The number of hydrogen-bond acceptors (Lipinski definition) is 7. The van der Waals surface area contributed by atoms with Crippen molar-refractivity contribution in [3.05, 3.63) is 60.2 Å². The largest absolute Gasteiger partial charge is 0.484 e. The van der Waals surface area contributed by atoms with E-state index in [4.69, 9.17) is 9.47 Å². The van der Waals surface area contributed by atoms with Crippen LogP contribution in [-0.4, -0.2) is 64.6 Å². The second-order valence-electron chi connectivity index (χ2n) is 8.10. The van der Waals surface area contributed by atoms with Crippen molar-refractivity contribution in [1.82, 2.24) is 10.7 Å². The first kappa shape index (κ1) is 26.2. The summed E-state index contributed by atoms with van der Waals surface area (Å²) < 4.78 is 36.5. The predicted octanol–water partition coefficient (Wildman–Crippen LogP) is 1.67. The fourth-order valence-electron chi connectivity index (χ4n) is 3.53. The van der Waals surface area contributed by atoms with Gasteiger partial charge in [0.05, 0.1) is 24.3 Å². The molecule has 11 heteroatoms. The summed E-state index contributed by atoms with van der Waals surface area (Å²) in [5.41, 5.74) is 3.44. The van der Waals surface area contributed by atoms with Crippen LogP contribution in [0.25, 0.3) is 0 Å². The van der Waals surface area contributed by atoms with Crippen LogP contribution in [0.5, 0.6) is 5.75 Å². The molecule has 0 spiro atoms. The Morgan fingerprint density at radius 2 is 1.91 bits per heavy atom. The van der Waals surface area contributed by atoms with Gasteiger partial charge in [-0.15, -0.1) is 0 Å². The van der Waals surface area contributed by atoms with Crippen LogP contribution in [0.1, 0.15) is 25.3 Å². The van der Waals surface area contributed by atoms with Gasteiger partial charge in [0, 0.05) is 13.2 Å². The Balaban J connectivity index is 1.48. The van der Waals surface area contributed by atoms with E-state index in [-0.39, 0.29) is 18.6 Å². The molecule has 0 bridgehead atoms. The topological polar surface area (TPSA) is 126 Å². The quantitative estimate of drug-likeness (QED) is 0.356. The molecule has 1 aliphatic heterocycles. The molecule has 1 saturated heterocycles. The molecule has 0 saturated carbocycles. The maximum atomic E-state index is 12.5. The molecule has 188 valence electrons. The van der Waals surface area contributed by atoms with Crippen LogP contribution in [0.15, 0.2) is 59.7 Å². The zero-order chi connectivity index (χ0) is 25.3. The Bertz CT molecular complexity index is 1120. The maximum Gasteiger partial charge on any atom is 0.263 e. The lowest BCUT2D eigenvalue weighted by Crippen LogP contribution is -2.46. The fraction of sp³-hybridized carbons (Fsp3) is 0.375. The van der Waals surface area contributed by atoms with Gasteiger partial charge in [0.1, 0.15) is 11.8 Å². The molecule has 3 rings (SSSR count). The molecule has 0 unspecified atom stereocenters. The van der Waals surface area contributed by atoms with E-state index in [1.165, 1.54) is 13.1 Å². The summed E-state index contributed by atoms with van der Waals surface area (Å²) in [5.74, 6) is -0.287. The number of benzene rings is 2. The maximum absolute atomic E-state index is 12.5. The first-order chi connectivity index (χ1) is 16.7. The molecule has 2 atom stereocenters. The fourth-order valence-corrected chi connectivity index (χ4v) is 4.71. The summed E-state index contributed by atoms with van der Waals surface area (Å²) >= 11 is 0. The second kappa shape index (κ2) is 12.3. The van der Waals surface area contributed by atoms with Crippen molar-refractivity contribution in [2.75, 3.05) is 30.3 Å². The third kappa shape index (κ3) is 8.08. The van der Waals surface area contributed by atoms with Gasteiger partial charge < -0.3 is 14.8 Å². The lowest BCUT2D eigenvalue weighted by atomic mass is 10.2. The van der Waals surface area contributed by atoms with Crippen molar-refractivity contribution < 1.29 is 27.5 Å². The average Bonchev–Trinajstić information content (AvgIpc) is 3.36. The highest BCUT2D eigenvalue weighted by molar-refractivity contribution is 7.92. The molecular formula is C24H30N4O6S. The van der Waals surface area contributed by atoms with Crippen LogP contribution in [0.3, 0.4) is 0 Å². The van der Waals surface area contributed by atoms with Crippen molar-refractivity contribution in [3.63, 3.8) is 0 Å². The number of nitrogens with one attached hydrogen (secondary N) is 2. The van der Waals surface area contributed by atoms with Crippen molar-refractivity contribution in [2.45, 2.75) is 31.9 Å². The minimum absolute atomic E-state index is 0.0776. The average molecular weight is 503 g/mol. The molecule has 1 fully saturated rings. The Morgan fingerprint density at radius 1 is 1.20 bits per heavy atom. The third-order valence-electron chi connectivity index (χ3n) is 5.29.